The molecule has 0 amide bonds. The quantitative estimate of drug-likeness (QED) is 0.372. The Balaban J connectivity index is 2.27. The molecule has 0 aliphatic rings. The smallest absolute Gasteiger partial charge is 0.203 e. The lowest BCUT2D eigenvalue weighted by Gasteiger charge is -2.17. The zero-order valence-electron chi connectivity index (χ0n) is 15.7. The normalized spacial score (nSPS) is 10.6. The molecule has 0 aliphatic carbocycles. The monoisotopic (exact) mass is 481 g/mol. The van der Waals surface area contributed by atoms with Crippen LogP contribution in [0.4, 0.5) is 0 Å². The minimum Gasteiger partial charge on any atom is -0.495 e. The predicted octanol–water partition coefficient (Wildman–Crippen LogP) is 6.58. The zero-order chi connectivity index (χ0) is 22.0. The lowest BCUT2D eigenvalue weighted by Crippen LogP contribution is -2.13. The lowest BCUT2D eigenvalue weighted by molar-refractivity contribution is 0.103. The van der Waals surface area contributed by atoms with E-state index in [4.69, 9.17) is 55.9 Å². The van der Waals surface area contributed by atoms with Crippen molar-refractivity contribution in [3.8, 4) is 11.5 Å². The minimum atomic E-state index is -0.588. The second-order valence-electron chi connectivity index (χ2n) is 6.00. The summed E-state index contributed by atoms with van der Waals surface area (Å²) in [6.45, 7) is 0. The van der Waals surface area contributed by atoms with Gasteiger partial charge in [-0.05, 0) is 30.3 Å². The van der Waals surface area contributed by atoms with Crippen LogP contribution in [0.15, 0.2) is 42.5 Å². The highest BCUT2D eigenvalue weighted by Crippen LogP contribution is 2.39. The molecule has 3 aromatic rings. The van der Waals surface area contributed by atoms with E-state index in [1.165, 1.54) is 44.6 Å². The van der Waals surface area contributed by atoms with Gasteiger partial charge in [0.25, 0.3) is 0 Å². The number of methoxy groups -OCH3 is 2. The molecule has 0 aliphatic heterocycles. The van der Waals surface area contributed by atoms with Gasteiger partial charge in [-0.3, -0.25) is 9.59 Å². The van der Waals surface area contributed by atoms with Crippen LogP contribution in [-0.4, -0.2) is 25.8 Å². The van der Waals surface area contributed by atoms with Crippen molar-refractivity contribution in [3.05, 3.63) is 90.9 Å². The van der Waals surface area contributed by atoms with Crippen molar-refractivity contribution in [3.63, 3.8) is 0 Å². The number of carbonyl (C=O) groups excluding carboxylic acids is 2. The summed E-state index contributed by atoms with van der Waals surface area (Å²) in [5.74, 6) is -1.10. The maximum atomic E-state index is 13.4. The number of ether oxygens (including phenoxy) is 2. The molecule has 30 heavy (non-hydrogen) atoms. The van der Waals surface area contributed by atoms with Crippen LogP contribution in [0, 0.1) is 6.07 Å². The summed E-state index contributed by atoms with van der Waals surface area (Å²) in [4.78, 5) is 26.6. The standard InChI is InChI=1S/C22H13Cl4O4/c1-29-16-10-9-11(20(27)17-12(23)5-3-6-13(17)24)22(30-2)19(16)21(28)18-14(25)7-4-8-15(18)26/h3-9H,1-2H3. The maximum Gasteiger partial charge on any atom is 0.203 e. The largest absolute Gasteiger partial charge is 0.495 e. The number of carbonyl (C=O) groups is 2. The summed E-state index contributed by atoms with van der Waals surface area (Å²) < 4.78 is 10.7. The van der Waals surface area contributed by atoms with E-state index < -0.39 is 11.6 Å². The Morgan fingerprint density at radius 3 is 1.63 bits per heavy atom. The Morgan fingerprint density at radius 2 is 1.20 bits per heavy atom. The molecular weight excluding hydrogens is 470 g/mol. The second-order valence-corrected chi connectivity index (χ2v) is 7.62. The summed E-state index contributed by atoms with van der Waals surface area (Å²) in [6.07, 6.45) is 0. The fourth-order valence-corrected chi connectivity index (χ4v) is 4.09. The van der Waals surface area contributed by atoms with E-state index in [1.54, 1.807) is 12.1 Å². The molecule has 0 atom stereocenters. The van der Waals surface area contributed by atoms with Gasteiger partial charge in [-0.1, -0.05) is 58.5 Å². The Labute approximate surface area is 193 Å². The van der Waals surface area contributed by atoms with E-state index in [0.717, 1.165) is 0 Å². The molecule has 0 fully saturated rings. The summed E-state index contributed by atoms with van der Waals surface area (Å²) in [5.41, 5.74) is 0.0990. The summed E-state index contributed by atoms with van der Waals surface area (Å²) in [7, 11) is 2.69. The Bertz CT molecular complexity index is 1120. The highest BCUT2D eigenvalue weighted by atomic mass is 35.5. The highest BCUT2D eigenvalue weighted by Gasteiger charge is 2.29. The second kappa shape index (κ2) is 9.27. The van der Waals surface area contributed by atoms with E-state index in [2.05, 4.69) is 6.07 Å². The Kier molecular flexibility index (Phi) is 6.94. The van der Waals surface area contributed by atoms with Gasteiger partial charge in [0.05, 0.1) is 51.0 Å². The predicted molar refractivity (Wildman–Crippen MR) is 118 cm³/mol. The van der Waals surface area contributed by atoms with Gasteiger partial charge in [0.1, 0.15) is 17.1 Å². The summed E-state index contributed by atoms with van der Waals surface area (Å²) in [6, 6.07) is 13.5. The van der Waals surface area contributed by atoms with Crippen LogP contribution in [0.25, 0.3) is 0 Å². The molecule has 153 valence electrons. The number of rotatable bonds is 6. The van der Waals surface area contributed by atoms with Gasteiger partial charge in [0, 0.05) is 6.07 Å². The third-order valence-electron chi connectivity index (χ3n) is 4.31. The minimum absolute atomic E-state index is 0.0276. The molecular formula is C22H13Cl4O4. The van der Waals surface area contributed by atoms with Crippen LogP contribution in [0.3, 0.4) is 0 Å². The summed E-state index contributed by atoms with van der Waals surface area (Å²) in [5, 5.41) is 0.602. The first-order valence-electron chi connectivity index (χ1n) is 8.45. The third kappa shape index (κ3) is 4.01. The number of benzene rings is 3. The summed E-state index contributed by atoms with van der Waals surface area (Å²) >= 11 is 24.8. The molecule has 1 radical (unpaired) electrons. The Morgan fingerprint density at radius 1 is 0.733 bits per heavy atom. The van der Waals surface area contributed by atoms with Crippen molar-refractivity contribution in [1.29, 1.82) is 0 Å². The molecule has 0 saturated carbocycles. The van der Waals surface area contributed by atoms with Crippen LogP contribution in [0.2, 0.25) is 20.1 Å². The van der Waals surface area contributed by atoms with Crippen LogP contribution in [0.5, 0.6) is 11.5 Å². The first kappa shape index (κ1) is 22.4. The molecule has 0 aromatic heterocycles. The highest BCUT2D eigenvalue weighted by molar-refractivity contribution is 6.42. The van der Waals surface area contributed by atoms with Crippen molar-refractivity contribution < 1.29 is 19.1 Å². The van der Waals surface area contributed by atoms with Gasteiger partial charge >= 0.3 is 0 Å². The molecule has 0 bridgehead atoms. The van der Waals surface area contributed by atoms with E-state index in [9.17, 15) is 9.59 Å². The van der Waals surface area contributed by atoms with Crippen molar-refractivity contribution in [2.45, 2.75) is 0 Å². The Hall–Kier alpha value is -2.24. The topological polar surface area (TPSA) is 52.6 Å². The molecule has 4 nitrogen and oxygen atoms in total. The van der Waals surface area contributed by atoms with Crippen molar-refractivity contribution in [2.24, 2.45) is 0 Å². The fourth-order valence-electron chi connectivity index (χ4n) is 2.95. The molecule has 3 rings (SSSR count). The van der Waals surface area contributed by atoms with Gasteiger partial charge in [0.2, 0.25) is 5.78 Å². The molecule has 8 heteroatoms. The van der Waals surface area contributed by atoms with Gasteiger partial charge < -0.3 is 9.47 Å². The SMILES string of the molecule is COc1[c]cc(C(=O)c2c(Cl)cccc2Cl)c(OC)c1C(=O)c1c(Cl)cccc1Cl. The average molecular weight is 483 g/mol. The molecule has 3 aromatic carbocycles. The van der Waals surface area contributed by atoms with Crippen LogP contribution in [-0.2, 0) is 0 Å². The van der Waals surface area contributed by atoms with E-state index in [-0.39, 0.29) is 53.8 Å². The lowest BCUT2D eigenvalue weighted by atomic mass is 9.94. The van der Waals surface area contributed by atoms with E-state index >= 15 is 0 Å². The van der Waals surface area contributed by atoms with Crippen LogP contribution < -0.4 is 9.47 Å². The van der Waals surface area contributed by atoms with Gasteiger partial charge in [-0.2, -0.15) is 0 Å². The van der Waals surface area contributed by atoms with Crippen molar-refractivity contribution in [1.82, 2.24) is 0 Å². The van der Waals surface area contributed by atoms with Gasteiger partial charge in [-0.15, -0.1) is 0 Å². The van der Waals surface area contributed by atoms with Crippen LogP contribution >= 0.6 is 46.4 Å². The first-order valence-corrected chi connectivity index (χ1v) is 9.97. The average Bonchev–Trinajstić information content (AvgIpc) is 2.72. The number of halogens is 4. The number of hydrogen-bond acceptors (Lipinski definition) is 4. The number of ketones is 2. The molecule has 0 heterocycles. The first-order chi connectivity index (χ1) is 14.3. The third-order valence-corrected chi connectivity index (χ3v) is 5.57. The van der Waals surface area contributed by atoms with Gasteiger partial charge in [-0.25, -0.2) is 0 Å². The molecule has 0 spiro atoms. The number of hydrogen-bond donors (Lipinski definition) is 0. The van der Waals surface area contributed by atoms with Crippen molar-refractivity contribution >= 4 is 58.0 Å². The fraction of sp³-hybridized carbons (Fsp3) is 0.0909. The molecule has 0 saturated heterocycles. The van der Waals surface area contributed by atoms with Gasteiger partial charge in [0.15, 0.2) is 5.78 Å². The molecule has 0 N–H and O–H groups in total. The maximum absolute atomic E-state index is 13.4. The van der Waals surface area contributed by atoms with E-state index in [0.29, 0.717) is 0 Å². The zero-order valence-corrected chi connectivity index (χ0v) is 18.7. The van der Waals surface area contributed by atoms with Crippen molar-refractivity contribution in [2.75, 3.05) is 14.2 Å². The van der Waals surface area contributed by atoms with Crippen LogP contribution in [0.1, 0.15) is 31.8 Å². The molecule has 0 unspecified atom stereocenters. The van der Waals surface area contributed by atoms with E-state index in [1.807, 2.05) is 0 Å².